The van der Waals surface area contributed by atoms with E-state index < -0.39 is 6.04 Å². The van der Waals surface area contributed by atoms with Crippen LogP contribution in [0.25, 0.3) is 0 Å². The number of hydrogen-bond acceptors (Lipinski definition) is 4. The molecule has 0 aromatic heterocycles. The van der Waals surface area contributed by atoms with E-state index in [1.165, 1.54) is 0 Å². The summed E-state index contributed by atoms with van der Waals surface area (Å²) in [5.74, 6) is 0.606. The monoisotopic (exact) mass is 229 g/mol. The van der Waals surface area contributed by atoms with Gasteiger partial charge in [-0.1, -0.05) is 13.8 Å². The molecule has 1 aliphatic heterocycles. The molecule has 0 aromatic rings. The number of carbonyl (C=O) groups is 1. The first-order valence-corrected chi connectivity index (χ1v) is 6.09. The highest BCUT2D eigenvalue weighted by Crippen LogP contribution is 2.15. The van der Waals surface area contributed by atoms with E-state index in [-0.39, 0.29) is 5.97 Å². The molecule has 1 atom stereocenters. The van der Waals surface area contributed by atoms with Crippen LogP contribution < -0.4 is 5.73 Å². The second-order valence-electron chi connectivity index (χ2n) is 4.92. The molecule has 1 fully saturated rings. The fourth-order valence-electron chi connectivity index (χ4n) is 1.82. The van der Waals surface area contributed by atoms with Gasteiger partial charge in [-0.15, -0.1) is 0 Å². The Labute approximate surface area is 97.5 Å². The molecule has 0 aliphatic carbocycles. The second kappa shape index (κ2) is 6.86. The molecule has 16 heavy (non-hydrogen) atoms. The van der Waals surface area contributed by atoms with E-state index in [9.17, 15) is 4.79 Å². The van der Waals surface area contributed by atoms with Gasteiger partial charge in [-0.3, -0.25) is 4.79 Å². The number of hydrogen-bond donors (Lipinski definition) is 1. The van der Waals surface area contributed by atoms with E-state index >= 15 is 0 Å². The van der Waals surface area contributed by atoms with E-state index in [0.29, 0.717) is 24.9 Å². The highest BCUT2D eigenvalue weighted by atomic mass is 16.5. The second-order valence-corrected chi connectivity index (χ2v) is 4.92. The van der Waals surface area contributed by atoms with Crippen molar-refractivity contribution in [2.45, 2.75) is 39.2 Å². The molecule has 2 N–H and O–H groups in total. The lowest BCUT2D eigenvalue weighted by Crippen LogP contribution is -2.35. The van der Waals surface area contributed by atoms with Crippen LogP contribution in [0.3, 0.4) is 0 Å². The molecular weight excluding hydrogens is 206 g/mol. The van der Waals surface area contributed by atoms with Crippen molar-refractivity contribution in [1.82, 2.24) is 0 Å². The predicted molar refractivity (Wildman–Crippen MR) is 61.9 cm³/mol. The van der Waals surface area contributed by atoms with Gasteiger partial charge in [-0.25, -0.2) is 0 Å². The van der Waals surface area contributed by atoms with Gasteiger partial charge >= 0.3 is 5.97 Å². The lowest BCUT2D eigenvalue weighted by atomic mass is 10.0. The molecule has 0 bridgehead atoms. The molecule has 0 aromatic carbocycles. The molecule has 1 aliphatic rings. The molecule has 1 heterocycles. The third-order valence-electron chi connectivity index (χ3n) is 2.83. The van der Waals surface area contributed by atoms with Gasteiger partial charge in [0.25, 0.3) is 0 Å². The van der Waals surface area contributed by atoms with Gasteiger partial charge in [0, 0.05) is 13.2 Å². The van der Waals surface area contributed by atoms with E-state index in [4.69, 9.17) is 15.2 Å². The zero-order chi connectivity index (χ0) is 12.0. The summed E-state index contributed by atoms with van der Waals surface area (Å²) in [6, 6.07) is -0.472. The maximum atomic E-state index is 11.5. The number of esters is 1. The molecular formula is C12H23NO3. The third-order valence-corrected chi connectivity index (χ3v) is 2.83. The standard InChI is InChI=1S/C12H23NO3/c1-9(2)7-11(13)12(14)16-8-10-3-5-15-6-4-10/h9-11H,3-8,13H2,1-2H3/t11-/m0/s1. The highest BCUT2D eigenvalue weighted by molar-refractivity contribution is 5.75. The van der Waals surface area contributed by atoms with Gasteiger partial charge in [0.15, 0.2) is 0 Å². The van der Waals surface area contributed by atoms with Crippen molar-refractivity contribution in [3.05, 3.63) is 0 Å². The molecule has 4 nitrogen and oxygen atoms in total. The van der Waals surface area contributed by atoms with E-state index in [1.54, 1.807) is 0 Å². The Bertz CT molecular complexity index is 212. The zero-order valence-electron chi connectivity index (χ0n) is 10.3. The van der Waals surface area contributed by atoms with Crippen LogP contribution >= 0.6 is 0 Å². The van der Waals surface area contributed by atoms with Gasteiger partial charge in [-0.2, -0.15) is 0 Å². The van der Waals surface area contributed by atoms with Crippen molar-refractivity contribution >= 4 is 5.97 Å². The van der Waals surface area contributed by atoms with Crippen LogP contribution in [-0.4, -0.2) is 31.8 Å². The fraction of sp³-hybridized carbons (Fsp3) is 0.917. The summed E-state index contributed by atoms with van der Waals surface area (Å²) in [7, 11) is 0. The quantitative estimate of drug-likeness (QED) is 0.722. The Morgan fingerprint density at radius 3 is 2.62 bits per heavy atom. The molecule has 0 unspecified atom stereocenters. The summed E-state index contributed by atoms with van der Waals surface area (Å²) in [6.07, 6.45) is 2.64. The maximum absolute atomic E-state index is 11.5. The van der Waals surface area contributed by atoms with Crippen LogP contribution in [0.5, 0.6) is 0 Å². The van der Waals surface area contributed by atoms with Gasteiger partial charge in [0.1, 0.15) is 6.04 Å². The summed E-state index contributed by atoms with van der Waals surface area (Å²) in [6.45, 7) is 6.14. The average molecular weight is 229 g/mol. The first-order valence-electron chi connectivity index (χ1n) is 6.09. The summed E-state index contributed by atoms with van der Waals surface area (Å²) >= 11 is 0. The van der Waals surface area contributed by atoms with Crippen molar-refractivity contribution in [2.75, 3.05) is 19.8 Å². The minimum Gasteiger partial charge on any atom is -0.464 e. The first-order chi connectivity index (χ1) is 7.59. The Morgan fingerprint density at radius 1 is 1.44 bits per heavy atom. The Morgan fingerprint density at radius 2 is 2.06 bits per heavy atom. The predicted octanol–water partition coefficient (Wildman–Crippen LogP) is 1.33. The van der Waals surface area contributed by atoms with Gasteiger partial charge < -0.3 is 15.2 Å². The first kappa shape index (κ1) is 13.5. The largest absolute Gasteiger partial charge is 0.464 e. The zero-order valence-corrected chi connectivity index (χ0v) is 10.3. The number of nitrogens with two attached hydrogens (primary N) is 1. The van der Waals surface area contributed by atoms with Gasteiger partial charge in [0.05, 0.1) is 6.61 Å². The molecule has 0 radical (unpaired) electrons. The fourth-order valence-corrected chi connectivity index (χ4v) is 1.82. The minimum atomic E-state index is -0.472. The van der Waals surface area contributed by atoms with Gasteiger partial charge in [-0.05, 0) is 31.1 Å². The highest BCUT2D eigenvalue weighted by Gasteiger charge is 2.20. The van der Waals surface area contributed by atoms with E-state index in [0.717, 1.165) is 26.1 Å². The number of ether oxygens (including phenoxy) is 2. The van der Waals surface area contributed by atoms with Crippen LogP contribution in [0, 0.1) is 11.8 Å². The molecule has 1 saturated heterocycles. The van der Waals surface area contributed by atoms with Crippen molar-refractivity contribution < 1.29 is 14.3 Å². The summed E-state index contributed by atoms with van der Waals surface area (Å²) in [4.78, 5) is 11.5. The summed E-state index contributed by atoms with van der Waals surface area (Å²) in [5.41, 5.74) is 5.73. The Hall–Kier alpha value is -0.610. The van der Waals surface area contributed by atoms with E-state index in [1.807, 2.05) is 13.8 Å². The average Bonchev–Trinajstić information content (AvgIpc) is 2.26. The van der Waals surface area contributed by atoms with Crippen molar-refractivity contribution in [2.24, 2.45) is 17.6 Å². The molecule has 1 rings (SSSR count). The maximum Gasteiger partial charge on any atom is 0.322 e. The van der Waals surface area contributed by atoms with Gasteiger partial charge in [0.2, 0.25) is 0 Å². The normalized spacial score (nSPS) is 19.8. The number of rotatable bonds is 5. The third kappa shape index (κ3) is 4.94. The Balaban J connectivity index is 2.17. The molecule has 4 heteroatoms. The van der Waals surface area contributed by atoms with Crippen LogP contribution in [0.2, 0.25) is 0 Å². The summed E-state index contributed by atoms with van der Waals surface area (Å²) < 4.78 is 10.5. The van der Waals surface area contributed by atoms with Crippen LogP contribution in [0.4, 0.5) is 0 Å². The molecule has 94 valence electrons. The van der Waals surface area contributed by atoms with Crippen molar-refractivity contribution in [3.63, 3.8) is 0 Å². The molecule has 0 amide bonds. The summed E-state index contributed by atoms with van der Waals surface area (Å²) in [5, 5.41) is 0. The smallest absolute Gasteiger partial charge is 0.322 e. The van der Waals surface area contributed by atoms with Crippen LogP contribution in [0.15, 0.2) is 0 Å². The van der Waals surface area contributed by atoms with Crippen LogP contribution in [-0.2, 0) is 14.3 Å². The van der Waals surface area contributed by atoms with Crippen molar-refractivity contribution in [3.8, 4) is 0 Å². The number of carbonyl (C=O) groups excluding carboxylic acids is 1. The SMILES string of the molecule is CC(C)C[C@H](N)C(=O)OCC1CCOCC1. The van der Waals surface area contributed by atoms with E-state index in [2.05, 4.69) is 0 Å². The van der Waals surface area contributed by atoms with Crippen LogP contribution in [0.1, 0.15) is 33.1 Å². The van der Waals surface area contributed by atoms with Crippen molar-refractivity contribution in [1.29, 1.82) is 0 Å². The Kier molecular flexibility index (Phi) is 5.77. The lowest BCUT2D eigenvalue weighted by molar-refractivity contribution is -0.148. The molecule has 0 spiro atoms. The lowest BCUT2D eigenvalue weighted by Gasteiger charge is -2.22. The minimum absolute atomic E-state index is 0.264. The molecule has 0 saturated carbocycles. The topological polar surface area (TPSA) is 61.6 Å².